The topological polar surface area (TPSA) is 61.4 Å². The minimum absolute atomic E-state index is 0.0267. The number of nitrogens with zero attached hydrogens (tertiary/aromatic N) is 1. The van der Waals surface area contributed by atoms with Crippen molar-refractivity contribution in [3.8, 4) is 0 Å². The fourth-order valence-electron chi connectivity index (χ4n) is 2.82. The molecular weight excluding hydrogens is 309 g/mol. The number of amides is 3. The first-order chi connectivity index (χ1) is 11.6. The number of piperidine rings is 1. The first-order valence-corrected chi connectivity index (χ1v) is 8.65. The van der Waals surface area contributed by atoms with Gasteiger partial charge in [-0.1, -0.05) is 25.1 Å². The average molecular weight is 335 g/mol. The van der Waals surface area contributed by atoms with Crippen LogP contribution in [0.15, 0.2) is 24.3 Å². The molecule has 0 aromatic heterocycles. The van der Waals surface area contributed by atoms with Gasteiger partial charge in [-0.05, 0) is 37.3 Å². The van der Waals surface area contributed by atoms with E-state index < -0.39 is 0 Å². The molecule has 0 spiro atoms. The van der Waals surface area contributed by atoms with Gasteiger partial charge < -0.3 is 15.5 Å². The summed E-state index contributed by atoms with van der Waals surface area (Å²) in [6, 6.07) is 6.59. The van der Waals surface area contributed by atoms with Gasteiger partial charge in [-0.3, -0.25) is 4.79 Å². The second-order valence-electron chi connectivity index (χ2n) is 6.15. The number of hydrogen-bond donors (Lipinski definition) is 2. The fourth-order valence-corrected chi connectivity index (χ4v) is 2.82. The third-order valence-electron chi connectivity index (χ3n) is 4.25. The molecule has 24 heavy (non-hydrogen) atoms. The van der Waals surface area contributed by atoms with Gasteiger partial charge in [0.15, 0.2) is 0 Å². The van der Waals surface area contributed by atoms with E-state index in [9.17, 15) is 14.0 Å². The first-order valence-electron chi connectivity index (χ1n) is 8.65. The minimum Gasteiger partial charge on any atom is -0.353 e. The van der Waals surface area contributed by atoms with Crippen molar-refractivity contribution < 1.29 is 14.0 Å². The highest BCUT2D eigenvalue weighted by Crippen LogP contribution is 2.12. The molecule has 0 aliphatic carbocycles. The van der Waals surface area contributed by atoms with E-state index in [0.29, 0.717) is 31.6 Å². The van der Waals surface area contributed by atoms with E-state index in [1.54, 1.807) is 23.1 Å². The molecule has 2 N–H and O–H groups in total. The lowest BCUT2D eigenvalue weighted by molar-refractivity contribution is -0.122. The van der Waals surface area contributed by atoms with Crippen molar-refractivity contribution >= 4 is 11.9 Å². The number of halogens is 1. The molecule has 6 heteroatoms. The highest BCUT2D eigenvalue weighted by Gasteiger charge is 2.23. The number of nitrogens with one attached hydrogen (secondary N) is 2. The van der Waals surface area contributed by atoms with Gasteiger partial charge in [0.1, 0.15) is 5.82 Å². The van der Waals surface area contributed by atoms with Gasteiger partial charge in [-0.25, -0.2) is 9.18 Å². The Balaban J connectivity index is 1.69. The van der Waals surface area contributed by atoms with Gasteiger partial charge >= 0.3 is 6.03 Å². The van der Waals surface area contributed by atoms with Crippen LogP contribution in [0.25, 0.3) is 0 Å². The molecule has 2 rings (SSSR count). The lowest BCUT2D eigenvalue weighted by atomic mass is 10.0. The van der Waals surface area contributed by atoms with Crippen LogP contribution < -0.4 is 10.6 Å². The summed E-state index contributed by atoms with van der Waals surface area (Å²) in [6.07, 6.45) is 3.10. The van der Waals surface area contributed by atoms with Crippen molar-refractivity contribution in [1.82, 2.24) is 15.5 Å². The molecule has 3 amide bonds. The standard InChI is InChI=1S/C18H26FN3O2/c1-2-11-20-18(24)22-12-9-15(10-13-22)21-17(23)8-7-14-5-3-4-6-16(14)19/h3-6,15H,2,7-13H2,1H3,(H,20,24)(H,21,23). The highest BCUT2D eigenvalue weighted by atomic mass is 19.1. The van der Waals surface area contributed by atoms with Crippen molar-refractivity contribution in [2.75, 3.05) is 19.6 Å². The number of urea groups is 1. The van der Waals surface area contributed by atoms with Crippen LogP contribution >= 0.6 is 0 Å². The Hall–Kier alpha value is -2.11. The van der Waals surface area contributed by atoms with Crippen molar-refractivity contribution in [2.24, 2.45) is 0 Å². The van der Waals surface area contributed by atoms with Crippen LogP contribution in [0.4, 0.5) is 9.18 Å². The molecular formula is C18H26FN3O2. The molecule has 5 nitrogen and oxygen atoms in total. The second kappa shape index (κ2) is 9.25. The van der Waals surface area contributed by atoms with Crippen molar-refractivity contribution in [1.29, 1.82) is 0 Å². The Kier molecular flexibility index (Phi) is 7.03. The molecule has 0 atom stereocenters. The number of carbonyl (C=O) groups excluding carboxylic acids is 2. The first kappa shape index (κ1) is 18.2. The van der Waals surface area contributed by atoms with Crippen molar-refractivity contribution in [3.63, 3.8) is 0 Å². The molecule has 1 aromatic rings. The zero-order chi connectivity index (χ0) is 17.4. The third-order valence-corrected chi connectivity index (χ3v) is 4.25. The summed E-state index contributed by atoms with van der Waals surface area (Å²) < 4.78 is 13.5. The van der Waals surface area contributed by atoms with Gasteiger partial charge in [0.25, 0.3) is 0 Å². The summed E-state index contributed by atoms with van der Waals surface area (Å²) in [5.41, 5.74) is 0.565. The van der Waals surface area contributed by atoms with Crippen molar-refractivity contribution in [3.05, 3.63) is 35.6 Å². The number of carbonyl (C=O) groups is 2. The summed E-state index contributed by atoms with van der Waals surface area (Å²) in [6.45, 7) is 4.00. The largest absolute Gasteiger partial charge is 0.353 e. The number of benzene rings is 1. The summed E-state index contributed by atoms with van der Waals surface area (Å²) >= 11 is 0. The molecule has 1 aliphatic heterocycles. The zero-order valence-corrected chi connectivity index (χ0v) is 14.2. The van der Waals surface area contributed by atoms with Gasteiger partial charge in [0, 0.05) is 32.1 Å². The summed E-state index contributed by atoms with van der Waals surface area (Å²) in [5, 5.41) is 5.86. The molecule has 1 saturated heterocycles. The van der Waals surface area contributed by atoms with E-state index in [-0.39, 0.29) is 30.2 Å². The smallest absolute Gasteiger partial charge is 0.317 e. The maximum absolute atomic E-state index is 13.5. The van der Waals surface area contributed by atoms with Gasteiger partial charge in [0.05, 0.1) is 0 Å². The molecule has 0 bridgehead atoms. The Labute approximate surface area is 142 Å². The summed E-state index contributed by atoms with van der Waals surface area (Å²) in [7, 11) is 0. The average Bonchev–Trinajstić information content (AvgIpc) is 2.59. The maximum atomic E-state index is 13.5. The Bertz CT molecular complexity index is 557. The number of rotatable bonds is 6. The van der Waals surface area contributed by atoms with E-state index in [2.05, 4.69) is 10.6 Å². The Morgan fingerprint density at radius 3 is 2.62 bits per heavy atom. The van der Waals surface area contributed by atoms with Gasteiger partial charge in [0.2, 0.25) is 5.91 Å². The minimum atomic E-state index is -0.267. The predicted molar refractivity (Wildman–Crippen MR) is 91.1 cm³/mol. The van der Waals surface area contributed by atoms with Crippen LogP contribution in [-0.4, -0.2) is 42.5 Å². The zero-order valence-electron chi connectivity index (χ0n) is 14.2. The third kappa shape index (κ3) is 5.51. The van der Waals surface area contributed by atoms with Crippen LogP contribution in [0, 0.1) is 5.82 Å². The molecule has 1 heterocycles. The lowest BCUT2D eigenvalue weighted by Crippen LogP contribution is -2.49. The highest BCUT2D eigenvalue weighted by molar-refractivity contribution is 5.77. The van der Waals surface area contributed by atoms with Crippen LogP contribution in [0.5, 0.6) is 0 Å². The molecule has 1 aliphatic rings. The summed E-state index contributed by atoms with van der Waals surface area (Å²) in [4.78, 5) is 25.7. The Morgan fingerprint density at radius 2 is 1.96 bits per heavy atom. The summed E-state index contributed by atoms with van der Waals surface area (Å²) in [5.74, 6) is -0.330. The number of likely N-dealkylation sites (tertiary alicyclic amines) is 1. The molecule has 1 aromatic carbocycles. The number of hydrogen-bond acceptors (Lipinski definition) is 2. The maximum Gasteiger partial charge on any atom is 0.317 e. The fraction of sp³-hybridized carbons (Fsp3) is 0.556. The number of aryl methyl sites for hydroxylation is 1. The Morgan fingerprint density at radius 1 is 1.25 bits per heavy atom. The van der Waals surface area contributed by atoms with Gasteiger partial charge in [-0.15, -0.1) is 0 Å². The van der Waals surface area contributed by atoms with E-state index >= 15 is 0 Å². The van der Waals surface area contributed by atoms with Crippen LogP contribution in [0.2, 0.25) is 0 Å². The predicted octanol–water partition coefficient (Wildman–Crippen LogP) is 2.46. The van der Waals surface area contributed by atoms with Crippen LogP contribution in [-0.2, 0) is 11.2 Å². The SMILES string of the molecule is CCCNC(=O)N1CCC(NC(=O)CCc2ccccc2F)CC1. The van der Waals surface area contributed by atoms with E-state index in [1.807, 2.05) is 6.92 Å². The van der Waals surface area contributed by atoms with E-state index in [0.717, 1.165) is 19.3 Å². The molecule has 0 saturated carbocycles. The monoisotopic (exact) mass is 335 g/mol. The van der Waals surface area contributed by atoms with Gasteiger partial charge in [-0.2, -0.15) is 0 Å². The van der Waals surface area contributed by atoms with E-state index in [4.69, 9.17) is 0 Å². The second-order valence-corrected chi connectivity index (χ2v) is 6.15. The van der Waals surface area contributed by atoms with E-state index in [1.165, 1.54) is 6.07 Å². The molecule has 0 unspecified atom stereocenters. The quantitative estimate of drug-likeness (QED) is 0.839. The lowest BCUT2D eigenvalue weighted by Gasteiger charge is -2.32. The molecule has 132 valence electrons. The van der Waals surface area contributed by atoms with Crippen LogP contribution in [0.3, 0.4) is 0 Å². The normalized spacial score (nSPS) is 15.2. The van der Waals surface area contributed by atoms with Crippen LogP contribution in [0.1, 0.15) is 38.2 Å². The molecule has 0 radical (unpaired) electrons. The molecule has 1 fully saturated rings. The van der Waals surface area contributed by atoms with Crippen molar-refractivity contribution in [2.45, 2.75) is 45.1 Å².